The second-order valence-electron chi connectivity index (χ2n) is 6.63. The van der Waals surface area contributed by atoms with E-state index in [0.29, 0.717) is 18.7 Å². The summed E-state index contributed by atoms with van der Waals surface area (Å²) < 4.78 is 4.84. The number of amides is 3. The number of urea groups is 1. The Balaban J connectivity index is 1.60. The Hall–Kier alpha value is -3.09. The number of aromatic nitrogens is 1. The van der Waals surface area contributed by atoms with Crippen LogP contribution in [0.2, 0.25) is 0 Å². The topological polar surface area (TPSA) is 83.6 Å². The molecule has 1 aliphatic heterocycles. The minimum atomic E-state index is -0.362. The zero-order valence-electron chi connectivity index (χ0n) is 15.6. The highest BCUT2D eigenvalue weighted by Crippen LogP contribution is 2.30. The molecule has 0 saturated heterocycles. The van der Waals surface area contributed by atoms with Crippen LogP contribution in [0.4, 0.5) is 21.0 Å². The van der Waals surface area contributed by atoms with E-state index < -0.39 is 0 Å². The van der Waals surface area contributed by atoms with E-state index in [0.717, 1.165) is 29.7 Å². The number of rotatable bonds is 4. The summed E-state index contributed by atoms with van der Waals surface area (Å²) in [5, 5.41) is 5.80. The molecule has 1 atom stereocenters. The highest BCUT2D eigenvalue weighted by atomic mass is 16.5. The van der Waals surface area contributed by atoms with Crippen LogP contribution in [0.25, 0.3) is 0 Å². The zero-order valence-corrected chi connectivity index (χ0v) is 15.6. The number of hydrogen-bond acceptors (Lipinski definition) is 4. The van der Waals surface area contributed by atoms with Gasteiger partial charge in [-0.3, -0.25) is 9.88 Å². The first-order valence-corrected chi connectivity index (χ1v) is 9.01. The molecule has 7 heteroatoms. The Morgan fingerprint density at radius 1 is 1.33 bits per heavy atom. The van der Waals surface area contributed by atoms with Gasteiger partial charge in [0.1, 0.15) is 0 Å². The number of nitrogens with one attached hydrogen (secondary N) is 2. The fourth-order valence-electron chi connectivity index (χ4n) is 3.29. The number of hydrogen-bond donors (Lipinski definition) is 2. The molecule has 27 heavy (non-hydrogen) atoms. The molecule has 2 heterocycles. The second kappa shape index (κ2) is 8.53. The van der Waals surface area contributed by atoms with Gasteiger partial charge in [-0.25, -0.2) is 9.59 Å². The molecule has 0 fully saturated rings. The van der Waals surface area contributed by atoms with Crippen molar-refractivity contribution in [2.24, 2.45) is 0 Å². The van der Waals surface area contributed by atoms with Gasteiger partial charge in [0.15, 0.2) is 0 Å². The number of methoxy groups -OCH3 is 1. The van der Waals surface area contributed by atoms with E-state index in [-0.39, 0.29) is 18.2 Å². The van der Waals surface area contributed by atoms with Crippen LogP contribution in [0.15, 0.2) is 42.7 Å². The van der Waals surface area contributed by atoms with Crippen LogP contribution < -0.4 is 15.5 Å². The van der Waals surface area contributed by atoms with Crippen LogP contribution in [-0.2, 0) is 17.6 Å². The number of ether oxygens (including phenoxy) is 1. The van der Waals surface area contributed by atoms with E-state index in [4.69, 9.17) is 4.74 Å². The first kappa shape index (κ1) is 18.7. The Labute approximate surface area is 158 Å². The molecule has 0 spiro atoms. The van der Waals surface area contributed by atoms with Gasteiger partial charge in [0, 0.05) is 30.7 Å². The standard InChI is InChI=1S/C20H24N4O3/c1-14(11-15-5-3-9-21-13-15)22-19(25)23-17-7-8-18-16(12-17)6-4-10-24(18)20(26)27-2/h3,5,7-9,12-14H,4,6,10-11H2,1-2H3,(H2,22,23,25)/t14-/m1/s1. The lowest BCUT2D eigenvalue weighted by Crippen LogP contribution is -2.37. The number of fused-ring (bicyclic) bond motifs is 1. The van der Waals surface area contributed by atoms with Crippen molar-refractivity contribution in [1.82, 2.24) is 10.3 Å². The molecule has 0 radical (unpaired) electrons. The Morgan fingerprint density at radius 3 is 2.93 bits per heavy atom. The lowest BCUT2D eigenvalue weighted by atomic mass is 10.0. The molecular formula is C20H24N4O3. The molecule has 0 unspecified atom stereocenters. The maximum Gasteiger partial charge on any atom is 0.414 e. The molecule has 3 rings (SSSR count). The summed E-state index contributed by atoms with van der Waals surface area (Å²) in [6.45, 7) is 2.59. The van der Waals surface area contributed by atoms with Gasteiger partial charge in [0.25, 0.3) is 0 Å². The van der Waals surface area contributed by atoms with E-state index in [1.807, 2.05) is 31.2 Å². The second-order valence-corrected chi connectivity index (χ2v) is 6.63. The number of benzene rings is 1. The third kappa shape index (κ3) is 4.75. The van der Waals surface area contributed by atoms with Crippen LogP contribution >= 0.6 is 0 Å². The maximum atomic E-state index is 12.3. The minimum absolute atomic E-state index is 0.0263. The summed E-state index contributed by atoms with van der Waals surface area (Å²) in [6, 6.07) is 9.14. The zero-order chi connectivity index (χ0) is 19.2. The van der Waals surface area contributed by atoms with Gasteiger partial charge in [0.05, 0.1) is 12.8 Å². The van der Waals surface area contributed by atoms with Crippen LogP contribution in [0.5, 0.6) is 0 Å². The summed E-state index contributed by atoms with van der Waals surface area (Å²) in [5.41, 5.74) is 3.63. The van der Waals surface area contributed by atoms with Gasteiger partial charge in [-0.2, -0.15) is 0 Å². The average molecular weight is 368 g/mol. The molecular weight excluding hydrogens is 344 g/mol. The highest BCUT2D eigenvalue weighted by Gasteiger charge is 2.23. The van der Waals surface area contributed by atoms with Crippen molar-refractivity contribution in [2.45, 2.75) is 32.2 Å². The van der Waals surface area contributed by atoms with Crippen LogP contribution in [-0.4, -0.2) is 36.8 Å². The fraction of sp³-hybridized carbons (Fsp3) is 0.350. The van der Waals surface area contributed by atoms with Crippen LogP contribution in [0.1, 0.15) is 24.5 Å². The number of carbonyl (C=O) groups excluding carboxylic acids is 2. The predicted molar refractivity (Wildman–Crippen MR) is 104 cm³/mol. The smallest absolute Gasteiger partial charge is 0.414 e. The molecule has 7 nitrogen and oxygen atoms in total. The van der Waals surface area contributed by atoms with E-state index in [1.165, 1.54) is 7.11 Å². The maximum absolute atomic E-state index is 12.3. The molecule has 3 amide bonds. The average Bonchev–Trinajstić information content (AvgIpc) is 2.67. The molecule has 1 aromatic heterocycles. The molecule has 0 aliphatic carbocycles. The lowest BCUT2D eigenvalue weighted by molar-refractivity contribution is 0.178. The van der Waals surface area contributed by atoms with Crippen molar-refractivity contribution >= 4 is 23.5 Å². The number of pyridine rings is 1. The Morgan fingerprint density at radius 2 is 2.19 bits per heavy atom. The van der Waals surface area contributed by atoms with Crippen molar-refractivity contribution in [3.63, 3.8) is 0 Å². The summed E-state index contributed by atoms with van der Waals surface area (Å²) in [7, 11) is 1.38. The molecule has 1 aliphatic rings. The number of carbonyl (C=O) groups is 2. The predicted octanol–water partition coefficient (Wildman–Crippen LogP) is 3.35. The van der Waals surface area contributed by atoms with Crippen molar-refractivity contribution in [2.75, 3.05) is 23.9 Å². The van der Waals surface area contributed by atoms with Gasteiger partial charge < -0.3 is 15.4 Å². The largest absolute Gasteiger partial charge is 0.452 e. The van der Waals surface area contributed by atoms with Crippen molar-refractivity contribution in [3.8, 4) is 0 Å². The van der Waals surface area contributed by atoms with Gasteiger partial charge in [0.2, 0.25) is 0 Å². The minimum Gasteiger partial charge on any atom is -0.452 e. The Bertz CT molecular complexity index is 810. The van der Waals surface area contributed by atoms with Gasteiger partial charge in [-0.15, -0.1) is 0 Å². The molecule has 0 saturated carbocycles. The summed E-state index contributed by atoms with van der Waals surface area (Å²) in [4.78, 5) is 29.9. The van der Waals surface area contributed by atoms with Gasteiger partial charge in [-0.05, 0) is 61.6 Å². The molecule has 0 bridgehead atoms. The van der Waals surface area contributed by atoms with Crippen molar-refractivity contribution < 1.29 is 14.3 Å². The van der Waals surface area contributed by atoms with E-state index >= 15 is 0 Å². The molecule has 1 aromatic carbocycles. The van der Waals surface area contributed by atoms with E-state index in [9.17, 15) is 9.59 Å². The monoisotopic (exact) mass is 368 g/mol. The quantitative estimate of drug-likeness (QED) is 0.867. The fourth-order valence-corrected chi connectivity index (χ4v) is 3.29. The summed E-state index contributed by atoms with van der Waals surface area (Å²) >= 11 is 0. The summed E-state index contributed by atoms with van der Waals surface area (Å²) in [6.07, 6.45) is 5.59. The lowest BCUT2D eigenvalue weighted by Gasteiger charge is -2.28. The normalized spacial score (nSPS) is 14.1. The van der Waals surface area contributed by atoms with Crippen molar-refractivity contribution in [3.05, 3.63) is 53.9 Å². The molecule has 142 valence electrons. The first-order chi connectivity index (χ1) is 13.1. The highest BCUT2D eigenvalue weighted by molar-refractivity contribution is 5.92. The van der Waals surface area contributed by atoms with E-state index in [2.05, 4.69) is 15.6 Å². The Kier molecular flexibility index (Phi) is 5.90. The molecule has 2 aromatic rings. The van der Waals surface area contributed by atoms with Crippen LogP contribution in [0.3, 0.4) is 0 Å². The molecule has 2 N–H and O–H groups in total. The van der Waals surface area contributed by atoms with Crippen molar-refractivity contribution in [1.29, 1.82) is 0 Å². The van der Waals surface area contributed by atoms with E-state index in [1.54, 1.807) is 23.4 Å². The SMILES string of the molecule is COC(=O)N1CCCc2cc(NC(=O)N[C@H](C)Cc3cccnc3)ccc21. The first-order valence-electron chi connectivity index (χ1n) is 9.01. The third-order valence-electron chi connectivity index (χ3n) is 4.49. The number of nitrogens with zero attached hydrogens (tertiary/aromatic N) is 2. The number of anilines is 2. The van der Waals surface area contributed by atoms with Gasteiger partial charge in [-0.1, -0.05) is 6.07 Å². The summed E-state index contributed by atoms with van der Waals surface area (Å²) in [5.74, 6) is 0. The third-order valence-corrected chi connectivity index (χ3v) is 4.49. The van der Waals surface area contributed by atoms with Gasteiger partial charge >= 0.3 is 12.1 Å². The van der Waals surface area contributed by atoms with Crippen LogP contribution in [0, 0.1) is 0 Å². The number of aryl methyl sites for hydroxylation is 1.